The van der Waals surface area contributed by atoms with Crippen LogP contribution in [-0.2, 0) is 14.3 Å². The molecule has 1 aliphatic heterocycles. The first-order chi connectivity index (χ1) is 8.48. The van der Waals surface area contributed by atoms with Crippen molar-refractivity contribution in [2.45, 2.75) is 44.6 Å². The van der Waals surface area contributed by atoms with Gasteiger partial charge in [-0.25, -0.2) is 4.79 Å². The number of likely N-dealkylation sites (tertiary alicyclic amines) is 1. The van der Waals surface area contributed by atoms with E-state index in [4.69, 9.17) is 9.84 Å². The van der Waals surface area contributed by atoms with Crippen LogP contribution in [-0.4, -0.2) is 47.2 Å². The first-order valence-electron chi connectivity index (χ1n) is 6.62. The first kappa shape index (κ1) is 13.3. The summed E-state index contributed by atoms with van der Waals surface area (Å²) in [5, 5.41) is 8.56. The Morgan fingerprint density at radius 2 is 1.94 bits per heavy atom. The molecule has 0 aromatic carbocycles. The zero-order valence-corrected chi connectivity index (χ0v) is 10.9. The van der Waals surface area contributed by atoms with E-state index in [0.29, 0.717) is 25.4 Å². The van der Waals surface area contributed by atoms with Gasteiger partial charge in [0.2, 0.25) is 5.91 Å². The van der Waals surface area contributed by atoms with E-state index in [9.17, 15) is 9.59 Å². The van der Waals surface area contributed by atoms with Gasteiger partial charge in [0.1, 0.15) is 12.2 Å². The van der Waals surface area contributed by atoms with Gasteiger partial charge >= 0.3 is 5.97 Å². The summed E-state index contributed by atoms with van der Waals surface area (Å²) in [7, 11) is 0. The van der Waals surface area contributed by atoms with E-state index < -0.39 is 11.6 Å². The summed E-state index contributed by atoms with van der Waals surface area (Å²) in [5.74, 6) is -0.213. The van der Waals surface area contributed by atoms with Crippen LogP contribution in [0.5, 0.6) is 0 Å². The minimum Gasteiger partial charge on any atom is -0.480 e. The highest BCUT2D eigenvalue weighted by Crippen LogP contribution is 2.31. The van der Waals surface area contributed by atoms with Crippen molar-refractivity contribution in [1.29, 1.82) is 0 Å². The van der Waals surface area contributed by atoms with Crippen molar-refractivity contribution in [3.8, 4) is 0 Å². The molecule has 5 nitrogen and oxygen atoms in total. The molecular formula is C13H21NO4. The van der Waals surface area contributed by atoms with Crippen LogP contribution in [0.1, 0.15) is 39.0 Å². The van der Waals surface area contributed by atoms with Gasteiger partial charge in [-0.2, -0.15) is 0 Å². The molecule has 0 atom stereocenters. The first-order valence-corrected chi connectivity index (χ1v) is 6.62. The van der Waals surface area contributed by atoms with Gasteiger partial charge in [0.15, 0.2) is 0 Å². The number of carboxylic acids is 1. The molecule has 18 heavy (non-hydrogen) atoms. The molecule has 102 valence electrons. The Labute approximate surface area is 107 Å². The molecule has 2 rings (SSSR count). The third-order valence-corrected chi connectivity index (χ3v) is 3.89. The number of rotatable bonds is 5. The van der Waals surface area contributed by atoms with Gasteiger partial charge in [-0.15, -0.1) is 0 Å². The molecule has 2 aliphatic rings. The molecule has 0 spiro atoms. The van der Waals surface area contributed by atoms with Gasteiger partial charge in [-0.1, -0.05) is 12.8 Å². The minimum absolute atomic E-state index is 0.193. The Morgan fingerprint density at radius 1 is 1.33 bits per heavy atom. The number of nitrogens with zero attached hydrogens (tertiary/aromatic N) is 1. The monoisotopic (exact) mass is 255 g/mol. The summed E-state index contributed by atoms with van der Waals surface area (Å²) in [4.78, 5) is 24.2. The van der Waals surface area contributed by atoms with Crippen molar-refractivity contribution in [2.24, 2.45) is 5.92 Å². The number of hydrogen-bond acceptors (Lipinski definition) is 3. The average Bonchev–Trinajstić information content (AvgIpc) is 2.75. The quantitative estimate of drug-likeness (QED) is 0.803. The summed E-state index contributed by atoms with van der Waals surface area (Å²) in [6.45, 7) is 2.61. The lowest BCUT2D eigenvalue weighted by Gasteiger charge is -2.47. The third kappa shape index (κ3) is 3.22. The van der Waals surface area contributed by atoms with Gasteiger partial charge in [0, 0.05) is 6.42 Å². The second-order valence-corrected chi connectivity index (χ2v) is 5.74. The predicted octanol–water partition coefficient (Wildman–Crippen LogP) is 1.27. The molecule has 1 aliphatic carbocycles. The summed E-state index contributed by atoms with van der Waals surface area (Å²) in [6.07, 6.45) is 5.49. The van der Waals surface area contributed by atoms with Crippen LogP contribution in [0.15, 0.2) is 0 Å². The average molecular weight is 255 g/mol. The zero-order chi connectivity index (χ0) is 13.2. The maximum absolute atomic E-state index is 12.0. The number of ether oxygens (including phenoxy) is 1. The van der Waals surface area contributed by atoms with E-state index in [1.807, 2.05) is 6.92 Å². The number of hydrogen-bond donors (Lipinski definition) is 1. The lowest BCUT2D eigenvalue weighted by atomic mass is 9.94. The SMILES string of the molecule is CC1(OCC(=O)O)CN(C(=O)CC2CCCC2)C1. The number of aliphatic carboxylic acids is 1. The van der Waals surface area contributed by atoms with Crippen LogP contribution in [0.2, 0.25) is 0 Å². The van der Waals surface area contributed by atoms with Crippen molar-refractivity contribution in [3.63, 3.8) is 0 Å². The van der Waals surface area contributed by atoms with Crippen LogP contribution < -0.4 is 0 Å². The van der Waals surface area contributed by atoms with E-state index in [1.165, 1.54) is 25.7 Å². The Balaban J connectivity index is 1.70. The molecule has 0 unspecified atom stereocenters. The van der Waals surface area contributed by atoms with Crippen molar-refractivity contribution >= 4 is 11.9 Å². The topological polar surface area (TPSA) is 66.8 Å². The zero-order valence-electron chi connectivity index (χ0n) is 10.9. The van der Waals surface area contributed by atoms with Crippen molar-refractivity contribution < 1.29 is 19.4 Å². The van der Waals surface area contributed by atoms with E-state index in [-0.39, 0.29) is 12.5 Å². The molecule has 1 heterocycles. The molecule has 1 N–H and O–H groups in total. The highest BCUT2D eigenvalue weighted by molar-refractivity contribution is 5.77. The van der Waals surface area contributed by atoms with Gasteiger partial charge in [0.25, 0.3) is 0 Å². The Hall–Kier alpha value is -1.10. The number of carboxylic acid groups (broad SMARTS) is 1. The fourth-order valence-electron chi connectivity index (χ4n) is 2.86. The Morgan fingerprint density at radius 3 is 2.50 bits per heavy atom. The second kappa shape index (κ2) is 5.26. The van der Waals surface area contributed by atoms with Crippen molar-refractivity contribution in [2.75, 3.05) is 19.7 Å². The normalized spacial score (nSPS) is 22.8. The lowest BCUT2D eigenvalue weighted by molar-refractivity contribution is -0.173. The van der Waals surface area contributed by atoms with Crippen LogP contribution in [0.25, 0.3) is 0 Å². The lowest BCUT2D eigenvalue weighted by Crippen LogP contribution is -2.63. The Bertz CT molecular complexity index is 330. The predicted molar refractivity (Wildman–Crippen MR) is 65.1 cm³/mol. The van der Waals surface area contributed by atoms with Gasteiger partial charge in [-0.3, -0.25) is 4.79 Å². The summed E-state index contributed by atoms with van der Waals surface area (Å²) in [6, 6.07) is 0. The summed E-state index contributed by atoms with van der Waals surface area (Å²) >= 11 is 0. The van der Waals surface area contributed by atoms with Crippen molar-refractivity contribution in [3.05, 3.63) is 0 Å². The summed E-state index contributed by atoms with van der Waals surface area (Å²) < 4.78 is 5.28. The molecular weight excluding hydrogens is 234 g/mol. The molecule has 0 radical (unpaired) electrons. The molecule has 5 heteroatoms. The Kier molecular flexibility index (Phi) is 3.90. The van der Waals surface area contributed by atoms with Crippen LogP contribution in [0, 0.1) is 5.92 Å². The second-order valence-electron chi connectivity index (χ2n) is 5.74. The standard InChI is InChI=1S/C13H21NO4/c1-13(18-7-12(16)17)8-14(9-13)11(15)6-10-4-2-3-5-10/h10H,2-9H2,1H3,(H,16,17). The maximum Gasteiger partial charge on any atom is 0.329 e. The maximum atomic E-state index is 12.0. The highest BCUT2D eigenvalue weighted by atomic mass is 16.5. The molecule has 1 saturated heterocycles. The highest BCUT2D eigenvalue weighted by Gasteiger charge is 2.42. The molecule has 1 saturated carbocycles. The number of carbonyl (C=O) groups is 2. The fraction of sp³-hybridized carbons (Fsp3) is 0.846. The minimum atomic E-state index is -0.966. The fourth-order valence-corrected chi connectivity index (χ4v) is 2.86. The molecule has 0 bridgehead atoms. The molecule has 0 aromatic rings. The molecule has 0 aromatic heterocycles. The third-order valence-electron chi connectivity index (χ3n) is 3.89. The van der Waals surface area contributed by atoms with E-state index in [0.717, 1.165) is 0 Å². The van der Waals surface area contributed by atoms with E-state index in [1.54, 1.807) is 4.90 Å². The largest absolute Gasteiger partial charge is 0.480 e. The van der Waals surface area contributed by atoms with E-state index in [2.05, 4.69) is 0 Å². The van der Waals surface area contributed by atoms with Crippen LogP contribution in [0.4, 0.5) is 0 Å². The van der Waals surface area contributed by atoms with Crippen molar-refractivity contribution in [1.82, 2.24) is 4.90 Å². The number of carbonyl (C=O) groups excluding carboxylic acids is 1. The van der Waals surface area contributed by atoms with E-state index >= 15 is 0 Å². The van der Waals surface area contributed by atoms with Crippen LogP contribution >= 0.6 is 0 Å². The summed E-state index contributed by atoms with van der Waals surface area (Å²) in [5.41, 5.74) is -0.469. The van der Waals surface area contributed by atoms with Gasteiger partial charge in [-0.05, 0) is 25.7 Å². The van der Waals surface area contributed by atoms with Gasteiger partial charge in [0.05, 0.1) is 13.1 Å². The van der Waals surface area contributed by atoms with Crippen LogP contribution in [0.3, 0.4) is 0 Å². The van der Waals surface area contributed by atoms with Gasteiger partial charge < -0.3 is 14.7 Å². The number of amides is 1. The smallest absolute Gasteiger partial charge is 0.329 e. The molecule has 1 amide bonds. The molecule has 2 fully saturated rings.